The molecule has 27 heavy (non-hydrogen) atoms. The van der Waals surface area contributed by atoms with E-state index < -0.39 is 0 Å². The Bertz CT molecular complexity index is 979. The highest BCUT2D eigenvalue weighted by Crippen LogP contribution is 2.38. The number of H-pyrrole nitrogens is 1. The van der Waals surface area contributed by atoms with Crippen LogP contribution in [0.2, 0.25) is 0 Å². The first kappa shape index (κ1) is 17.7. The third-order valence-electron chi connectivity index (χ3n) is 5.56. The number of hydrogen-bond donors (Lipinski definition) is 2. The monoisotopic (exact) mass is 366 g/mol. The van der Waals surface area contributed by atoms with Gasteiger partial charge in [0.25, 0.3) is 0 Å². The van der Waals surface area contributed by atoms with Crippen LogP contribution in [0.5, 0.6) is 17.2 Å². The van der Waals surface area contributed by atoms with Crippen molar-refractivity contribution in [1.82, 2.24) is 10.3 Å². The molecular formula is C22H26N2O3. The molecule has 0 spiro atoms. The van der Waals surface area contributed by atoms with Crippen molar-refractivity contribution in [3.8, 4) is 17.2 Å². The van der Waals surface area contributed by atoms with Crippen molar-refractivity contribution in [3.63, 3.8) is 0 Å². The van der Waals surface area contributed by atoms with Crippen molar-refractivity contribution in [2.75, 3.05) is 27.9 Å². The highest BCUT2D eigenvalue weighted by molar-refractivity contribution is 5.86. The van der Waals surface area contributed by atoms with Gasteiger partial charge in [0.05, 0.1) is 26.9 Å². The van der Waals surface area contributed by atoms with Crippen molar-refractivity contribution in [1.29, 1.82) is 0 Å². The molecule has 0 saturated heterocycles. The Morgan fingerprint density at radius 1 is 0.963 bits per heavy atom. The molecule has 2 aromatic carbocycles. The van der Waals surface area contributed by atoms with E-state index in [1.165, 1.54) is 22.2 Å². The molecule has 4 rings (SSSR count). The maximum Gasteiger partial charge on any atom is 0.160 e. The highest BCUT2D eigenvalue weighted by atomic mass is 16.5. The van der Waals surface area contributed by atoms with Gasteiger partial charge < -0.3 is 24.5 Å². The van der Waals surface area contributed by atoms with E-state index in [1.807, 2.05) is 12.1 Å². The van der Waals surface area contributed by atoms with Crippen LogP contribution in [0, 0.1) is 0 Å². The van der Waals surface area contributed by atoms with Crippen LogP contribution in [-0.4, -0.2) is 32.9 Å². The van der Waals surface area contributed by atoms with Crippen LogP contribution in [0.25, 0.3) is 10.9 Å². The number of nitrogens with one attached hydrogen (secondary N) is 2. The van der Waals surface area contributed by atoms with Crippen molar-refractivity contribution >= 4 is 10.9 Å². The molecule has 0 bridgehead atoms. The fraction of sp³-hybridized carbons (Fsp3) is 0.364. The van der Waals surface area contributed by atoms with E-state index >= 15 is 0 Å². The van der Waals surface area contributed by atoms with E-state index in [4.69, 9.17) is 14.2 Å². The van der Waals surface area contributed by atoms with E-state index in [0.29, 0.717) is 0 Å². The summed E-state index contributed by atoms with van der Waals surface area (Å²) in [7, 11) is 5.04. The smallest absolute Gasteiger partial charge is 0.160 e. The zero-order valence-corrected chi connectivity index (χ0v) is 16.3. The molecule has 3 aromatic rings. The highest BCUT2D eigenvalue weighted by Gasteiger charge is 2.34. The van der Waals surface area contributed by atoms with E-state index in [1.54, 1.807) is 21.3 Å². The second-order valence-corrected chi connectivity index (χ2v) is 7.27. The predicted molar refractivity (Wildman–Crippen MR) is 107 cm³/mol. The van der Waals surface area contributed by atoms with Crippen molar-refractivity contribution < 1.29 is 14.2 Å². The molecule has 2 heterocycles. The second kappa shape index (κ2) is 6.82. The molecule has 2 N–H and O–H groups in total. The molecular weight excluding hydrogens is 340 g/mol. The average molecular weight is 366 g/mol. The molecule has 0 radical (unpaired) electrons. The van der Waals surface area contributed by atoms with Crippen LogP contribution in [0.3, 0.4) is 0 Å². The van der Waals surface area contributed by atoms with Gasteiger partial charge in [0.2, 0.25) is 0 Å². The largest absolute Gasteiger partial charge is 0.497 e. The van der Waals surface area contributed by atoms with Crippen LogP contribution >= 0.6 is 0 Å². The van der Waals surface area contributed by atoms with Crippen LogP contribution in [0.4, 0.5) is 0 Å². The number of hydrogen-bond acceptors (Lipinski definition) is 4. The molecule has 1 unspecified atom stereocenters. The first-order chi connectivity index (χ1) is 13.1. The van der Waals surface area contributed by atoms with Crippen molar-refractivity contribution in [3.05, 3.63) is 53.2 Å². The molecule has 5 heteroatoms. The van der Waals surface area contributed by atoms with Gasteiger partial charge in [0.1, 0.15) is 5.75 Å². The van der Waals surface area contributed by atoms with E-state index in [2.05, 4.69) is 41.5 Å². The Balaban J connectivity index is 1.74. The third kappa shape index (κ3) is 3.02. The van der Waals surface area contributed by atoms with Gasteiger partial charge in [-0.05, 0) is 61.2 Å². The molecule has 1 aliphatic heterocycles. The zero-order chi connectivity index (χ0) is 19.0. The summed E-state index contributed by atoms with van der Waals surface area (Å²) in [5.41, 5.74) is 4.81. The quantitative estimate of drug-likeness (QED) is 0.721. The standard InChI is InChI=1S/C22H26N2O3/c1-22(13-14-5-8-19(26-3)20(11-14)27-4)21-16(9-10-23-22)17-12-15(25-2)6-7-18(17)24-21/h5-8,11-12,23-24H,9-10,13H2,1-4H3. The summed E-state index contributed by atoms with van der Waals surface area (Å²) in [4.78, 5) is 3.66. The van der Waals surface area contributed by atoms with Crippen LogP contribution < -0.4 is 19.5 Å². The van der Waals surface area contributed by atoms with Gasteiger partial charge in [-0.1, -0.05) is 6.07 Å². The van der Waals surface area contributed by atoms with Crippen molar-refractivity contribution in [2.45, 2.75) is 25.3 Å². The fourth-order valence-corrected chi connectivity index (χ4v) is 4.19. The van der Waals surface area contributed by atoms with Gasteiger partial charge in [0, 0.05) is 23.1 Å². The fourth-order valence-electron chi connectivity index (χ4n) is 4.19. The van der Waals surface area contributed by atoms with E-state index in [-0.39, 0.29) is 5.54 Å². The maximum absolute atomic E-state index is 5.47. The predicted octanol–water partition coefficient (Wildman–Crippen LogP) is 3.80. The third-order valence-corrected chi connectivity index (χ3v) is 5.56. The van der Waals surface area contributed by atoms with Crippen molar-refractivity contribution in [2.24, 2.45) is 0 Å². The minimum absolute atomic E-state index is 0.181. The number of ether oxygens (including phenoxy) is 3. The maximum atomic E-state index is 5.47. The van der Waals surface area contributed by atoms with Crippen LogP contribution in [0.15, 0.2) is 36.4 Å². The lowest BCUT2D eigenvalue weighted by Gasteiger charge is -2.35. The first-order valence-electron chi connectivity index (χ1n) is 9.23. The van der Waals surface area contributed by atoms with Gasteiger partial charge >= 0.3 is 0 Å². The topological polar surface area (TPSA) is 55.5 Å². The van der Waals surface area contributed by atoms with E-state index in [9.17, 15) is 0 Å². The zero-order valence-electron chi connectivity index (χ0n) is 16.3. The lowest BCUT2D eigenvalue weighted by Crippen LogP contribution is -2.46. The Morgan fingerprint density at radius 2 is 1.78 bits per heavy atom. The molecule has 0 aliphatic carbocycles. The Hall–Kier alpha value is -2.66. The molecule has 0 amide bonds. The molecule has 0 saturated carbocycles. The number of fused-ring (bicyclic) bond motifs is 3. The van der Waals surface area contributed by atoms with Crippen LogP contribution in [-0.2, 0) is 18.4 Å². The molecule has 142 valence electrons. The summed E-state index contributed by atoms with van der Waals surface area (Å²) in [6.45, 7) is 3.20. The number of aromatic amines is 1. The molecule has 5 nitrogen and oxygen atoms in total. The Morgan fingerprint density at radius 3 is 2.52 bits per heavy atom. The first-order valence-corrected chi connectivity index (χ1v) is 9.23. The minimum atomic E-state index is -0.181. The summed E-state index contributed by atoms with van der Waals surface area (Å²) in [5.74, 6) is 2.40. The summed E-state index contributed by atoms with van der Waals surface area (Å²) < 4.78 is 16.3. The summed E-state index contributed by atoms with van der Waals surface area (Å²) >= 11 is 0. The number of rotatable bonds is 5. The van der Waals surface area contributed by atoms with Gasteiger partial charge in [-0.15, -0.1) is 0 Å². The van der Waals surface area contributed by atoms with Crippen LogP contribution in [0.1, 0.15) is 23.7 Å². The Labute approximate surface area is 159 Å². The second-order valence-electron chi connectivity index (χ2n) is 7.27. The molecule has 1 aliphatic rings. The average Bonchev–Trinajstić information content (AvgIpc) is 3.07. The number of aromatic nitrogens is 1. The van der Waals surface area contributed by atoms with Gasteiger partial charge in [-0.25, -0.2) is 0 Å². The number of benzene rings is 2. The van der Waals surface area contributed by atoms with Gasteiger partial charge in [-0.3, -0.25) is 0 Å². The summed E-state index contributed by atoms with van der Waals surface area (Å²) in [6, 6.07) is 12.4. The normalized spacial score (nSPS) is 19.0. The van der Waals surface area contributed by atoms with Gasteiger partial charge in [-0.2, -0.15) is 0 Å². The van der Waals surface area contributed by atoms with E-state index in [0.717, 1.165) is 42.2 Å². The number of methoxy groups -OCH3 is 3. The molecule has 1 atom stereocenters. The summed E-state index contributed by atoms with van der Waals surface area (Å²) in [6.07, 6.45) is 1.86. The van der Waals surface area contributed by atoms with Gasteiger partial charge in [0.15, 0.2) is 11.5 Å². The molecule has 1 aromatic heterocycles. The summed E-state index contributed by atoms with van der Waals surface area (Å²) in [5, 5.41) is 4.98. The molecule has 0 fully saturated rings. The minimum Gasteiger partial charge on any atom is -0.497 e. The SMILES string of the molecule is COc1ccc2[nH]c3c(c2c1)CCNC3(C)Cc1ccc(OC)c(OC)c1. The lowest BCUT2D eigenvalue weighted by molar-refractivity contribution is 0.334. The Kier molecular flexibility index (Phi) is 4.48. The lowest BCUT2D eigenvalue weighted by atomic mass is 9.83.